The van der Waals surface area contributed by atoms with Crippen molar-refractivity contribution in [3.63, 3.8) is 0 Å². The molecule has 1 unspecified atom stereocenters. The van der Waals surface area contributed by atoms with Crippen LogP contribution in [0.2, 0.25) is 0 Å². The summed E-state index contributed by atoms with van der Waals surface area (Å²) in [6.45, 7) is 0. The number of aromatic hydroxyl groups is 1. The highest BCUT2D eigenvalue weighted by Crippen LogP contribution is 2.27. The molecule has 1 aliphatic rings. The minimum Gasteiger partial charge on any atom is -0.550 e. The number of hydrogen-bond donors (Lipinski definition) is 1. The highest BCUT2D eigenvalue weighted by atomic mass is 16.4. The van der Waals surface area contributed by atoms with Crippen molar-refractivity contribution in [3.05, 3.63) is 29.3 Å². The Kier molecular flexibility index (Phi) is 2.15. The third kappa shape index (κ3) is 1.58. The highest BCUT2D eigenvalue weighted by Gasteiger charge is 2.19. The Morgan fingerprint density at radius 2 is 2.21 bits per heavy atom. The third-order valence-corrected chi connectivity index (χ3v) is 2.75. The maximum Gasteiger partial charge on any atom is 0.115 e. The fourth-order valence-electron chi connectivity index (χ4n) is 1.94. The third-order valence-electron chi connectivity index (χ3n) is 2.75. The molecular formula is C11H11O3-. The number of fused-ring (bicyclic) bond motifs is 1. The predicted molar refractivity (Wildman–Crippen MR) is 48.6 cm³/mol. The smallest absolute Gasteiger partial charge is 0.115 e. The van der Waals surface area contributed by atoms with Crippen LogP contribution in [0.15, 0.2) is 18.2 Å². The van der Waals surface area contributed by atoms with E-state index >= 15 is 0 Å². The Morgan fingerprint density at radius 1 is 1.43 bits per heavy atom. The van der Waals surface area contributed by atoms with E-state index in [0.717, 1.165) is 11.1 Å². The molecule has 3 heteroatoms. The summed E-state index contributed by atoms with van der Waals surface area (Å²) in [5.41, 5.74) is 2.07. The number of benzene rings is 1. The van der Waals surface area contributed by atoms with Crippen molar-refractivity contribution in [2.24, 2.45) is 5.92 Å². The highest BCUT2D eigenvalue weighted by molar-refractivity contribution is 5.68. The quantitative estimate of drug-likeness (QED) is 0.692. The number of rotatable bonds is 1. The summed E-state index contributed by atoms with van der Waals surface area (Å²) in [5.74, 6) is -1.09. The molecule has 2 rings (SSSR count). The van der Waals surface area contributed by atoms with E-state index in [2.05, 4.69) is 0 Å². The molecule has 0 heterocycles. The van der Waals surface area contributed by atoms with Crippen LogP contribution in [0.3, 0.4) is 0 Å². The lowest BCUT2D eigenvalue weighted by molar-refractivity contribution is -0.311. The number of phenols is 1. The zero-order valence-electron chi connectivity index (χ0n) is 7.69. The van der Waals surface area contributed by atoms with Gasteiger partial charge in [0.1, 0.15) is 5.75 Å². The number of carbonyl (C=O) groups excluding carboxylic acids is 1. The maximum atomic E-state index is 10.7. The van der Waals surface area contributed by atoms with Gasteiger partial charge in [-0.25, -0.2) is 0 Å². The SMILES string of the molecule is O=C([O-])C1CCc2cc(O)ccc2C1. The van der Waals surface area contributed by atoms with Crippen molar-refractivity contribution < 1.29 is 15.0 Å². The van der Waals surface area contributed by atoms with Crippen LogP contribution in [-0.4, -0.2) is 11.1 Å². The number of carboxylic acid groups (broad SMARTS) is 1. The van der Waals surface area contributed by atoms with Gasteiger partial charge < -0.3 is 15.0 Å². The number of hydrogen-bond acceptors (Lipinski definition) is 3. The van der Waals surface area contributed by atoms with Gasteiger partial charge >= 0.3 is 0 Å². The van der Waals surface area contributed by atoms with Crippen LogP contribution in [-0.2, 0) is 17.6 Å². The molecule has 3 nitrogen and oxygen atoms in total. The summed E-state index contributed by atoms with van der Waals surface area (Å²) in [4.78, 5) is 10.7. The summed E-state index contributed by atoms with van der Waals surface area (Å²) in [5, 5.41) is 19.9. The van der Waals surface area contributed by atoms with Gasteiger partial charge in [-0.15, -0.1) is 0 Å². The first-order valence-electron chi connectivity index (χ1n) is 4.68. The molecule has 74 valence electrons. The lowest BCUT2D eigenvalue weighted by Crippen LogP contribution is -2.34. The van der Waals surface area contributed by atoms with Crippen LogP contribution < -0.4 is 5.11 Å². The normalized spacial score (nSPS) is 20.1. The first kappa shape index (κ1) is 9.06. The number of carboxylic acids is 1. The molecule has 1 aliphatic carbocycles. The van der Waals surface area contributed by atoms with Gasteiger partial charge in [0.15, 0.2) is 0 Å². The Bertz CT molecular complexity index is 371. The minimum absolute atomic E-state index is 0.246. The van der Waals surface area contributed by atoms with Crippen molar-refractivity contribution in [3.8, 4) is 5.75 Å². The second-order valence-electron chi connectivity index (χ2n) is 3.71. The van der Waals surface area contributed by atoms with E-state index in [4.69, 9.17) is 0 Å². The van der Waals surface area contributed by atoms with E-state index in [1.807, 2.05) is 0 Å². The first-order valence-corrected chi connectivity index (χ1v) is 4.68. The van der Waals surface area contributed by atoms with E-state index in [0.29, 0.717) is 19.3 Å². The van der Waals surface area contributed by atoms with E-state index in [1.54, 1.807) is 18.2 Å². The monoisotopic (exact) mass is 191 g/mol. The molecule has 0 bridgehead atoms. The number of aliphatic carboxylic acids is 1. The second-order valence-corrected chi connectivity index (χ2v) is 3.71. The second kappa shape index (κ2) is 3.33. The molecule has 0 fully saturated rings. The largest absolute Gasteiger partial charge is 0.550 e. The van der Waals surface area contributed by atoms with Gasteiger partial charge in [-0.05, 0) is 42.5 Å². The van der Waals surface area contributed by atoms with E-state index in [-0.39, 0.29) is 11.7 Å². The zero-order valence-corrected chi connectivity index (χ0v) is 7.69. The fourth-order valence-corrected chi connectivity index (χ4v) is 1.94. The molecule has 14 heavy (non-hydrogen) atoms. The van der Waals surface area contributed by atoms with Crippen LogP contribution in [0.5, 0.6) is 5.75 Å². The molecule has 0 saturated heterocycles. The summed E-state index contributed by atoms with van der Waals surface area (Å²) >= 11 is 0. The Morgan fingerprint density at radius 3 is 2.93 bits per heavy atom. The first-order chi connectivity index (χ1) is 6.66. The molecule has 0 aliphatic heterocycles. The van der Waals surface area contributed by atoms with Crippen LogP contribution in [0.25, 0.3) is 0 Å². The molecule has 1 aromatic rings. The zero-order chi connectivity index (χ0) is 10.1. The number of aryl methyl sites for hydroxylation is 1. The average Bonchev–Trinajstić information content (AvgIpc) is 2.16. The van der Waals surface area contributed by atoms with Gasteiger partial charge in [-0.3, -0.25) is 0 Å². The topological polar surface area (TPSA) is 60.4 Å². The Hall–Kier alpha value is -1.51. The van der Waals surface area contributed by atoms with Crippen molar-refractivity contribution in [1.82, 2.24) is 0 Å². The van der Waals surface area contributed by atoms with Crippen LogP contribution in [0.1, 0.15) is 17.5 Å². The molecule has 1 atom stereocenters. The summed E-state index contributed by atoms with van der Waals surface area (Å²) in [6, 6.07) is 5.09. The molecule has 0 amide bonds. The molecular weight excluding hydrogens is 180 g/mol. The van der Waals surface area contributed by atoms with Crippen LogP contribution in [0, 0.1) is 5.92 Å². The Balaban J connectivity index is 2.27. The molecule has 0 saturated carbocycles. The maximum absolute atomic E-state index is 10.7. The lowest BCUT2D eigenvalue weighted by Gasteiger charge is -2.25. The van der Waals surface area contributed by atoms with Gasteiger partial charge in [-0.2, -0.15) is 0 Å². The molecule has 1 aromatic carbocycles. The fraction of sp³-hybridized carbons (Fsp3) is 0.364. The molecule has 0 aromatic heterocycles. The summed E-state index contributed by atoms with van der Waals surface area (Å²) < 4.78 is 0. The van der Waals surface area contributed by atoms with Gasteiger partial charge in [0.05, 0.1) is 0 Å². The van der Waals surface area contributed by atoms with Gasteiger partial charge in [0.25, 0.3) is 0 Å². The summed E-state index contributed by atoms with van der Waals surface area (Å²) in [6.07, 6.45) is 1.85. The van der Waals surface area contributed by atoms with Crippen molar-refractivity contribution in [2.75, 3.05) is 0 Å². The minimum atomic E-state index is -0.969. The van der Waals surface area contributed by atoms with Crippen molar-refractivity contribution in [1.29, 1.82) is 0 Å². The molecule has 0 radical (unpaired) electrons. The lowest BCUT2D eigenvalue weighted by atomic mass is 9.84. The summed E-state index contributed by atoms with van der Waals surface area (Å²) in [7, 11) is 0. The van der Waals surface area contributed by atoms with Gasteiger partial charge in [0, 0.05) is 11.9 Å². The van der Waals surface area contributed by atoms with E-state index < -0.39 is 5.97 Å². The molecule has 0 spiro atoms. The van der Waals surface area contributed by atoms with Crippen LogP contribution >= 0.6 is 0 Å². The standard InChI is InChI=1S/C11H12O3/c12-10-4-3-7-5-9(11(13)14)2-1-8(7)6-10/h3-4,6,9,12H,1-2,5H2,(H,13,14)/p-1. The number of phenolic OH excluding ortho intramolecular Hbond substituents is 1. The van der Waals surface area contributed by atoms with Crippen LogP contribution in [0.4, 0.5) is 0 Å². The van der Waals surface area contributed by atoms with Crippen molar-refractivity contribution >= 4 is 5.97 Å². The van der Waals surface area contributed by atoms with Gasteiger partial charge in [0.2, 0.25) is 0 Å². The predicted octanol–water partition coefficient (Wildman–Crippen LogP) is 0.247. The van der Waals surface area contributed by atoms with Crippen molar-refractivity contribution in [2.45, 2.75) is 19.3 Å². The van der Waals surface area contributed by atoms with E-state index in [9.17, 15) is 15.0 Å². The average molecular weight is 191 g/mol. The van der Waals surface area contributed by atoms with E-state index in [1.165, 1.54) is 0 Å². The van der Waals surface area contributed by atoms with Gasteiger partial charge in [-0.1, -0.05) is 6.07 Å². The Labute approximate surface area is 82.0 Å². The molecule has 1 N–H and O–H groups in total. The number of carbonyl (C=O) groups is 1.